The van der Waals surface area contributed by atoms with Crippen molar-refractivity contribution in [1.82, 2.24) is 0 Å². The first-order valence-electron chi connectivity index (χ1n) is 9.14. The second-order valence-electron chi connectivity index (χ2n) is 6.44. The summed E-state index contributed by atoms with van der Waals surface area (Å²) in [6, 6.07) is 25.8. The Bertz CT molecular complexity index is 857. The van der Waals surface area contributed by atoms with Crippen LogP contribution in [0.2, 0.25) is 0 Å². The van der Waals surface area contributed by atoms with Crippen LogP contribution in [0.25, 0.3) is 0 Å². The lowest BCUT2D eigenvalue weighted by Gasteiger charge is -2.13. The number of ketones is 1. The van der Waals surface area contributed by atoms with E-state index in [2.05, 4.69) is 0 Å². The highest BCUT2D eigenvalue weighted by Gasteiger charge is 2.09. The number of hydrogen-bond acceptors (Lipinski definition) is 3. The first-order chi connectivity index (χ1) is 13.2. The Labute approximate surface area is 160 Å². The van der Waals surface area contributed by atoms with Crippen LogP contribution >= 0.6 is 0 Å². The van der Waals surface area contributed by atoms with Gasteiger partial charge in [-0.1, -0.05) is 60.7 Å². The Balaban J connectivity index is 1.63. The second kappa shape index (κ2) is 9.70. The molecule has 0 spiro atoms. The topological polar surface area (TPSA) is 35.5 Å². The first kappa shape index (κ1) is 18.9. The van der Waals surface area contributed by atoms with E-state index < -0.39 is 0 Å². The number of carbonyl (C=O) groups is 1. The summed E-state index contributed by atoms with van der Waals surface area (Å²) in [7, 11) is 0. The Hall–Kier alpha value is -2.91. The fraction of sp³-hybridized carbons (Fsp3) is 0.208. The number of benzene rings is 3. The zero-order valence-corrected chi connectivity index (χ0v) is 15.6. The fourth-order valence-electron chi connectivity index (χ4n) is 2.82. The fourth-order valence-corrected chi connectivity index (χ4v) is 2.82. The Morgan fingerprint density at radius 1 is 0.815 bits per heavy atom. The molecule has 0 N–H and O–H groups in total. The largest absolute Gasteiger partial charge is 0.489 e. The number of Topliss-reactive ketones (excluding diaryl/α,β-unsaturated/α-hetero) is 1. The molecule has 0 unspecified atom stereocenters. The van der Waals surface area contributed by atoms with Gasteiger partial charge in [0.05, 0.1) is 13.2 Å². The van der Waals surface area contributed by atoms with E-state index in [9.17, 15) is 4.79 Å². The summed E-state index contributed by atoms with van der Waals surface area (Å²) in [5.74, 6) is 0.850. The van der Waals surface area contributed by atoms with Crippen molar-refractivity contribution in [3.63, 3.8) is 0 Å². The molecule has 0 fully saturated rings. The second-order valence-corrected chi connectivity index (χ2v) is 6.44. The normalized spacial score (nSPS) is 10.6. The van der Waals surface area contributed by atoms with Crippen molar-refractivity contribution in [3.8, 4) is 5.75 Å². The lowest BCUT2D eigenvalue weighted by Crippen LogP contribution is -2.05. The van der Waals surface area contributed by atoms with Crippen LogP contribution < -0.4 is 4.74 Å². The van der Waals surface area contributed by atoms with E-state index in [4.69, 9.17) is 9.47 Å². The van der Waals surface area contributed by atoms with Gasteiger partial charge in [0.25, 0.3) is 0 Å². The molecule has 0 atom stereocenters. The molecule has 0 aliphatic rings. The maximum Gasteiger partial charge on any atom is 0.159 e. The lowest BCUT2D eigenvalue weighted by molar-refractivity contribution is 0.101. The molecule has 3 aromatic rings. The summed E-state index contributed by atoms with van der Waals surface area (Å²) >= 11 is 0. The molecule has 0 amide bonds. The van der Waals surface area contributed by atoms with E-state index in [-0.39, 0.29) is 5.78 Å². The summed E-state index contributed by atoms with van der Waals surface area (Å²) in [5.41, 5.74) is 3.95. The molecule has 0 heterocycles. The maximum absolute atomic E-state index is 11.7. The summed E-state index contributed by atoms with van der Waals surface area (Å²) in [5, 5.41) is 0. The van der Waals surface area contributed by atoms with Crippen molar-refractivity contribution in [2.24, 2.45) is 0 Å². The SMILES string of the molecule is CC(=O)c1ccc(OCc2ccccc2)c(CCOCc2ccccc2)c1. The van der Waals surface area contributed by atoms with Crippen LogP contribution in [0.5, 0.6) is 5.75 Å². The number of rotatable bonds is 9. The van der Waals surface area contributed by atoms with Crippen LogP contribution in [0.3, 0.4) is 0 Å². The minimum Gasteiger partial charge on any atom is -0.489 e. The standard InChI is InChI=1S/C24H24O3/c1-19(25)22-12-13-24(27-18-21-10-6-3-7-11-21)23(16-22)14-15-26-17-20-8-4-2-5-9-20/h2-13,16H,14-15,17-18H2,1H3. The molecule has 0 radical (unpaired) electrons. The van der Waals surface area contributed by atoms with Crippen LogP contribution in [0.1, 0.15) is 34.0 Å². The molecule has 3 aromatic carbocycles. The van der Waals surface area contributed by atoms with Gasteiger partial charge in [-0.3, -0.25) is 4.79 Å². The summed E-state index contributed by atoms with van der Waals surface area (Å²) in [6.07, 6.45) is 0.693. The van der Waals surface area contributed by atoms with Crippen LogP contribution in [-0.4, -0.2) is 12.4 Å². The Morgan fingerprint density at radius 2 is 1.44 bits per heavy atom. The molecule has 27 heavy (non-hydrogen) atoms. The van der Waals surface area contributed by atoms with Gasteiger partial charge in [-0.25, -0.2) is 0 Å². The highest BCUT2D eigenvalue weighted by Crippen LogP contribution is 2.23. The van der Waals surface area contributed by atoms with Gasteiger partial charge in [-0.15, -0.1) is 0 Å². The monoisotopic (exact) mass is 360 g/mol. The van der Waals surface area contributed by atoms with Crippen LogP contribution in [0.4, 0.5) is 0 Å². The first-order valence-corrected chi connectivity index (χ1v) is 9.14. The van der Waals surface area contributed by atoms with Crippen molar-refractivity contribution >= 4 is 5.78 Å². The minimum absolute atomic E-state index is 0.0519. The molecule has 0 saturated carbocycles. The van der Waals surface area contributed by atoms with E-state index in [0.29, 0.717) is 31.8 Å². The molecule has 0 saturated heterocycles. The van der Waals surface area contributed by atoms with Gasteiger partial charge in [0.2, 0.25) is 0 Å². The van der Waals surface area contributed by atoms with Gasteiger partial charge in [-0.2, -0.15) is 0 Å². The Kier molecular flexibility index (Phi) is 6.78. The molecule has 138 valence electrons. The van der Waals surface area contributed by atoms with Crippen molar-refractivity contribution in [2.45, 2.75) is 26.6 Å². The van der Waals surface area contributed by atoms with E-state index in [1.54, 1.807) is 6.92 Å². The molecule has 3 nitrogen and oxygen atoms in total. The van der Waals surface area contributed by atoms with Gasteiger partial charge in [0.15, 0.2) is 5.78 Å². The van der Waals surface area contributed by atoms with E-state index in [1.165, 1.54) is 0 Å². The number of carbonyl (C=O) groups excluding carboxylic acids is 1. The van der Waals surface area contributed by atoms with Crippen LogP contribution in [-0.2, 0) is 24.4 Å². The number of hydrogen-bond donors (Lipinski definition) is 0. The minimum atomic E-state index is 0.0519. The molecule has 0 aliphatic carbocycles. The van der Waals surface area contributed by atoms with Crippen LogP contribution in [0.15, 0.2) is 78.9 Å². The zero-order chi connectivity index (χ0) is 18.9. The highest BCUT2D eigenvalue weighted by molar-refractivity contribution is 5.94. The predicted molar refractivity (Wildman–Crippen MR) is 107 cm³/mol. The summed E-state index contributed by atoms with van der Waals surface area (Å²) < 4.78 is 11.8. The van der Waals surface area contributed by atoms with Crippen molar-refractivity contribution in [1.29, 1.82) is 0 Å². The third-order valence-corrected chi connectivity index (χ3v) is 4.33. The van der Waals surface area contributed by atoms with E-state index in [0.717, 1.165) is 22.4 Å². The maximum atomic E-state index is 11.7. The summed E-state index contributed by atoms with van der Waals surface area (Å²) in [6.45, 7) is 3.22. The molecule has 3 rings (SSSR count). The highest BCUT2D eigenvalue weighted by atomic mass is 16.5. The van der Waals surface area contributed by atoms with Crippen molar-refractivity contribution in [3.05, 3.63) is 101 Å². The quantitative estimate of drug-likeness (QED) is 0.387. The van der Waals surface area contributed by atoms with E-state index in [1.807, 2.05) is 78.9 Å². The van der Waals surface area contributed by atoms with Gasteiger partial charge < -0.3 is 9.47 Å². The third kappa shape index (κ3) is 5.80. The number of ether oxygens (including phenoxy) is 2. The molecule has 3 heteroatoms. The summed E-state index contributed by atoms with van der Waals surface area (Å²) in [4.78, 5) is 11.7. The van der Waals surface area contributed by atoms with Crippen LogP contribution in [0, 0.1) is 0 Å². The van der Waals surface area contributed by atoms with E-state index >= 15 is 0 Å². The zero-order valence-electron chi connectivity index (χ0n) is 15.6. The van der Waals surface area contributed by atoms with Gasteiger partial charge in [0, 0.05) is 5.56 Å². The lowest BCUT2D eigenvalue weighted by atomic mass is 10.0. The Morgan fingerprint density at radius 3 is 2.07 bits per heavy atom. The smallest absolute Gasteiger partial charge is 0.159 e. The third-order valence-electron chi connectivity index (χ3n) is 4.33. The van der Waals surface area contributed by atoms with Gasteiger partial charge in [0.1, 0.15) is 12.4 Å². The molecule has 0 aromatic heterocycles. The predicted octanol–water partition coefficient (Wildman–Crippen LogP) is 5.23. The average molecular weight is 360 g/mol. The average Bonchev–Trinajstić information content (AvgIpc) is 2.71. The van der Waals surface area contributed by atoms with Gasteiger partial charge in [-0.05, 0) is 48.2 Å². The molecule has 0 bridgehead atoms. The van der Waals surface area contributed by atoms with Crippen molar-refractivity contribution in [2.75, 3.05) is 6.61 Å². The molecule has 0 aliphatic heterocycles. The molecular formula is C24H24O3. The molecular weight excluding hydrogens is 336 g/mol. The van der Waals surface area contributed by atoms with Gasteiger partial charge >= 0.3 is 0 Å². The van der Waals surface area contributed by atoms with Crippen molar-refractivity contribution < 1.29 is 14.3 Å².